The van der Waals surface area contributed by atoms with Gasteiger partial charge in [0.25, 0.3) is 0 Å². The van der Waals surface area contributed by atoms with Gasteiger partial charge in [-0.1, -0.05) is 0 Å². The third-order valence-electron chi connectivity index (χ3n) is 3.94. The van der Waals surface area contributed by atoms with E-state index in [0.717, 1.165) is 30.6 Å². The second kappa shape index (κ2) is 9.38. The van der Waals surface area contributed by atoms with E-state index >= 15 is 0 Å². The molecule has 0 aromatic heterocycles. The van der Waals surface area contributed by atoms with Crippen LogP contribution < -0.4 is 15.4 Å². The summed E-state index contributed by atoms with van der Waals surface area (Å²) in [5, 5.41) is 6.41. The largest absolute Gasteiger partial charge is 0.467 e. The minimum Gasteiger partial charge on any atom is -0.467 e. The fraction of sp³-hybridized carbons (Fsp3) is 0.562. The molecule has 1 fully saturated rings. The Morgan fingerprint density at radius 2 is 2.25 bits per heavy atom. The Labute approximate surface area is 158 Å². The second-order valence-electron chi connectivity index (χ2n) is 5.61. The third kappa shape index (κ3) is 4.93. The zero-order valence-corrected chi connectivity index (χ0v) is 16.0. The number of guanidine groups is 1. The fourth-order valence-electron chi connectivity index (χ4n) is 2.80. The minimum absolute atomic E-state index is 0. The van der Waals surface area contributed by atoms with Gasteiger partial charge in [-0.15, -0.1) is 24.0 Å². The van der Waals surface area contributed by atoms with Crippen LogP contribution in [0.3, 0.4) is 0 Å². The van der Waals surface area contributed by atoms with Crippen molar-refractivity contribution < 1.29 is 18.6 Å². The number of rotatable bonds is 4. The molecule has 134 valence electrons. The number of nitrogens with zero attached hydrogens (tertiary/aromatic N) is 1. The monoisotopic (exact) mass is 451 g/mol. The normalized spacial score (nSPS) is 19.9. The molecule has 1 atom stereocenters. The Balaban J connectivity index is 0.00000208. The topological polar surface area (TPSA) is 64.1 Å². The standard InChI is InChI=1S/C16H22FN3O3.HI/c1-18-16(20-8-14-3-2-4-22-14)19-7-11-5-13(17)6-12-9-21-10-23-15(11)12;/h5-6,14H,2-4,7-10H2,1H3,(H2,18,19,20);1H. The molecule has 24 heavy (non-hydrogen) atoms. The number of nitrogens with one attached hydrogen (secondary N) is 2. The van der Waals surface area contributed by atoms with Crippen LogP contribution in [0, 0.1) is 5.82 Å². The summed E-state index contributed by atoms with van der Waals surface area (Å²) < 4.78 is 30.0. The van der Waals surface area contributed by atoms with E-state index in [9.17, 15) is 4.39 Å². The van der Waals surface area contributed by atoms with Crippen molar-refractivity contribution in [2.45, 2.75) is 32.1 Å². The van der Waals surface area contributed by atoms with E-state index in [4.69, 9.17) is 14.2 Å². The van der Waals surface area contributed by atoms with Gasteiger partial charge in [0.15, 0.2) is 12.8 Å². The van der Waals surface area contributed by atoms with Crippen molar-refractivity contribution in [1.29, 1.82) is 0 Å². The van der Waals surface area contributed by atoms with Crippen LogP contribution in [0.1, 0.15) is 24.0 Å². The highest BCUT2D eigenvalue weighted by Gasteiger charge is 2.18. The number of hydrogen-bond donors (Lipinski definition) is 2. The quantitative estimate of drug-likeness (QED) is 0.418. The highest BCUT2D eigenvalue weighted by atomic mass is 127. The van der Waals surface area contributed by atoms with Crippen molar-refractivity contribution in [3.8, 4) is 5.75 Å². The lowest BCUT2D eigenvalue weighted by atomic mass is 10.1. The SMILES string of the molecule is CN=C(NCc1cc(F)cc2c1OCOC2)NCC1CCCO1.I. The number of hydrogen-bond acceptors (Lipinski definition) is 4. The summed E-state index contributed by atoms with van der Waals surface area (Å²) >= 11 is 0. The Hall–Kier alpha value is -1.13. The molecule has 1 aromatic rings. The third-order valence-corrected chi connectivity index (χ3v) is 3.94. The Kier molecular flexibility index (Phi) is 7.50. The van der Waals surface area contributed by atoms with E-state index in [1.165, 1.54) is 12.1 Å². The molecular formula is C16H23FIN3O3. The molecule has 1 saturated heterocycles. The number of fused-ring (bicyclic) bond motifs is 1. The molecule has 0 amide bonds. The lowest BCUT2D eigenvalue weighted by Gasteiger charge is -2.21. The van der Waals surface area contributed by atoms with Crippen LogP contribution in [0.2, 0.25) is 0 Å². The number of aliphatic imine (C=N–C) groups is 1. The molecule has 0 aliphatic carbocycles. The summed E-state index contributed by atoms with van der Waals surface area (Å²) in [7, 11) is 1.70. The molecule has 2 aliphatic heterocycles. The highest BCUT2D eigenvalue weighted by Crippen LogP contribution is 2.29. The van der Waals surface area contributed by atoms with Crippen molar-refractivity contribution in [3.05, 3.63) is 29.1 Å². The van der Waals surface area contributed by atoms with Crippen LogP contribution in [-0.4, -0.2) is 39.1 Å². The lowest BCUT2D eigenvalue weighted by molar-refractivity contribution is -0.0173. The first-order chi connectivity index (χ1) is 11.3. The maximum Gasteiger partial charge on any atom is 0.191 e. The van der Waals surface area contributed by atoms with Gasteiger partial charge in [0.1, 0.15) is 11.6 Å². The predicted molar refractivity (Wildman–Crippen MR) is 99.3 cm³/mol. The molecule has 1 unspecified atom stereocenters. The smallest absolute Gasteiger partial charge is 0.191 e. The highest BCUT2D eigenvalue weighted by molar-refractivity contribution is 14.0. The zero-order chi connectivity index (χ0) is 16.1. The Morgan fingerprint density at radius 1 is 1.38 bits per heavy atom. The molecule has 1 aromatic carbocycles. The van der Waals surface area contributed by atoms with Crippen molar-refractivity contribution in [2.75, 3.05) is 27.0 Å². The molecule has 2 heterocycles. The van der Waals surface area contributed by atoms with Gasteiger partial charge in [0.05, 0.1) is 12.7 Å². The van der Waals surface area contributed by atoms with Crippen LogP contribution >= 0.6 is 24.0 Å². The molecule has 0 radical (unpaired) electrons. The molecule has 2 aliphatic rings. The maximum atomic E-state index is 13.7. The first-order valence-corrected chi connectivity index (χ1v) is 7.84. The number of benzene rings is 1. The van der Waals surface area contributed by atoms with E-state index in [2.05, 4.69) is 15.6 Å². The minimum atomic E-state index is -0.294. The molecular weight excluding hydrogens is 428 g/mol. The average molecular weight is 451 g/mol. The molecule has 0 bridgehead atoms. The van der Waals surface area contributed by atoms with Gasteiger partial charge in [-0.3, -0.25) is 4.99 Å². The average Bonchev–Trinajstić information content (AvgIpc) is 3.08. The number of halogens is 2. The first kappa shape index (κ1) is 19.2. The van der Waals surface area contributed by atoms with Crippen LogP contribution in [0.5, 0.6) is 5.75 Å². The number of ether oxygens (including phenoxy) is 3. The Morgan fingerprint density at radius 3 is 3.00 bits per heavy atom. The van der Waals surface area contributed by atoms with Crippen molar-refractivity contribution in [3.63, 3.8) is 0 Å². The summed E-state index contributed by atoms with van der Waals surface area (Å²) in [6.45, 7) is 2.52. The molecule has 2 N–H and O–H groups in total. The molecule has 8 heteroatoms. The maximum absolute atomic E-state index is 13.7. The first-order valence-electron chi connectivity index (χ1n) is 7.84. The summed E-state index contributed by atoms with van der Waals surface area (Å²) in [5.41, 5.74) is 1.48. The van der Waals surface area contributed by atoms with Gasteiger partial charge >= 0.3 is 0 Å². The van der Waals surface area contributed by atoms with Crippen LogP contribution in [0.4, 0.5) is 4.39 Å². The summed E-state index contributed by atoms with van der Waals surface area (Å²) in [5.74, 6) is 1.06. The van der Waals surface area contributed by atoms with E-state index in [0.29, 0.717) is 31.4 Å². The van der Waals surface area contributed by atoms with E-state index in [-0.39, 0.29) is 42.7 Å². The molecule has 0 spiro atoms. The van der Waals surface area contributed by atoms with Gasteiger partial charge in [0, 0.05) is 37.9 Å². The van der Waals surface area contributed by atoms with E-state index in [1.54, 1.807) is 7.05 Å². The van der Waals surface area contributed by atoms with E-state index in [1.807, 2.05) is 0 Å². The predicted octanol–water partition coefficient (Wildman–Crippen LogP) is 2.15. The van der Waals surface area contributed by atoms with Gasteiger partial charge in [0.2, 0.25) is 0 Å². The lowest BCUT2D eigenvalue weighted by Crippen LogP contribution is -2.40. The van der Waals surface area contributed by atoms with Gasteiger partial charge in [-0.05, 0) is 25.0 Å². The van der Waals surface area contributed by atoms with Gasteiger partial charge in [-0.25, -0.2) is 4.39 Å². The van der Waals surface area contributed by atoms with Crippen molar-refractivity contribution in [2.24, 2.45) is 4.99 Å². The Bertz CT molecular complexity index is 580. The zero-order valence-electron chi connectivity index (χ0n) is 13.6. The summed E-state index contributed by atoms with van der Waals surface area (Å²) in [6.07, 6.45) is 2.40. The van der Waals surface area contributed by atoms with E-state index < -0.39 is 0 Å². The fourth-order valence-corrected chi connectivity index (χ4v) is 2.80. The molecule has 6 nitrogen and oxygen atoms in total. The van der Waals surface area contributed by atoms with Crippen molar-refractivity contribution >= 4 is 29.9 Å². The summed E-state index contributed by atoms with van der Waals surface area (Å²) in [4.78, 5) is 4.18. The van der Waals surface area contributed by atoms with Crippen LogP contribution in [0.15, 0.2) is 17.1 Å². The summed E-state index contributed by atoms with van der Waals surface area (Å²) in [6, 6.07) is 2.92. The van der Waals surface area contributed by atoms with Crippen LogP contribution in [0.25, 0.3) is 0 Å². The molecule has 3 rings (SSSR count). The second-order valence-corrected chi connectivity index (χ2v) is 5.61. The van der Waals surface area contributed by atoms with Gasteiger partial charge in [-0.2, -0.15) is 0 Å². The molecule has 0 saturated carbocycles. The van der Waals surface area contributed by atoms with Gasteiger partial charge < -0.3 is 24.8 Å². The van der Waals surface area contributed by atoms with Crippen molar-refractivity contribution in [1.82, 2.24) is 10.6 Å². The van der Waals surface area contributed by atoms with Crippen LogP contribution in [-0.2, 0) is 22.6 Å².